The lowest BCUT2D eigenvalue weighted by Gasteiger charge is -2.16. The predicted octanol–water partition coefficient (Wildman–Crippen LogP) is 3.34. The molecule has 3 aromatic heterocycles. The highest BCUT2D eigenvalue weighted by Gasteiger charge is 2.19. The molecule has 45 heavy (non-hydrogen) atoms. The molecule has 5 rings (SSSR count). The Morgan fingerprint density at radius 2 is 1.91 bits per heavy atom. The largest absolute Gasteiger partial charge is 0.489 e. The number of pyridine rings is 1. The summed E-state index contributed by atoms with van der Waals surface area (Å²) in [5.41, 5.74) is 1.45. The van der Waals surface area contributed by atoms with Crippen LogP contribution in [-0.2, 0) is 18.4 Å². The molecule has 0 radical (unpaired) electrons. The van der Waals surface area contributed by atoms with E-state index in [-0.39, 0.29) is 35.5 Å². The molecule has 12 nitrogen and oxygen atoms in total. The third-order valence-corrected chi connectivity index (χ3v) is 7.01. The summed E-state index contributed by atoms with van der Waals surface area (Å²) in [6.45, 7) is 5.22. The first kappa shape index (κ1) is 31.2. The zero-order valence-electron chi connectivity index (χ0n) is 24.8. The minimum atomic E-state index is -0.792. The van der Waals surface area contributed by atoms with Gasteiger partial charge in [-0.25, -0.2) is 14.1 Å². The van der Waals surface area contributed by atoms with E-state index in [9.17, 15) is 19.8 Å². The number of methoxy groups -OCH3 is 1. The number of nitrogens with zero attached hydrogens (tertiary/aromatic N) is 5. The maximum absolute atomic E-state index is 15.1. The molecule has 0 bridgehead atoms. The van der Waals surface area contributed by atoms with Crippen molar-refractivity contribution in [2.75, 3.05) is 25.6 Å². The van der Waals surface area contributed by atoms with Gasteiger partial charge < -0.3 is 25.0 Å². The van der Waals surface area contributed by atoms with E-state index in [0.29, 0.717) is 39.3 Å². The second-order valence-electron chi connectivity index (χ2n) is 10.3. The summed E-state index contributed by atoms with van der Waals surface area (Å²) in [4.78, 5) is 30.7. The van der Waals surface area contributed by atoms with Crippen molar-refractivity contribution in [2.45, 2.75) is 19.6 Å². The third-order valence-electron chi connectivity index (χ3n) is 7.01. The van der Waals surface area contributed by atoms with Crippen LogP contribution in [0.5, 0.6) is 5.75 Å². The molecule has 3 N–H and O–H groups in total. The van der Waals surface area contributed by atoms with E-state index in [4.69, 9.17) is 9.47 Å². The number of aromatic nitrogens is 5. The van der Waals surface area contributed by atoms with Crippen molar-refractivity contribution in [3.05, 3.63) is 105 Å². The molecule has 0 aliphatic heterocycles. The Hall–Kier alpha value is -5.24. The number of halogens is 1. The van der Waals surface area contributed by atoms with Crippen LogP contribution >= 0.6 is 0 Å². The second-order valence-corrected chi connectivity index (χ2v) is 10.3. The molecule has 3 heterocycles. The molecule has 0 saturated heterocycles. The van der Waals surface area contributed by atoms with Crippen molar-refractivity contribution in [3.8, 4) is 22.7 Å². The van der Waals surface area contributed by atoms with Crippen LogP contribution in [0.25, 0.3) is 33.3 Å². The molecule has 5 aromatic rings. The Balaban J connectivity index is 1.50. The molecule has 0 saturated carbocycles. The molecular formula is C32H31FN6O6. The number of aliphatic hydroxyl groups excluding tert-OH is 2. The molecule has 0 spiro atoms. The number of fused-ring (bicyclic) bond motifs is 1. The SMILES string of the molecule is C=C(C)c1cc(F)c2c(=O)n(-c3cccc(-c4cc(Nc5ccc(OC[C@@H](O)COC)cn5)c(=O)n(C)n4)c3CO)ncc2c1. The molecule has 2 aromatic carbocycles. The Morgan fingerprint density at radius 1 is 1.11 bits per heavy atom. The smallest absolute Gasteiger partial charge is 0.290 e. The van der Waals surface area contributed by atoms with Crippen LogP contribution < -0.4 is 21.2 Å². The Bertz CT molecular complexity index is 2010. The fraction of sp³-hybridized carbons (Fsp3) is 0.219. The zero-order valence-corrected chi connectivity index (χ0v) is 24.8. The van der Waals surface area contributed by atoms with Gasteiger partial charge >= 0.3 is 0 Å². The van der Waals surface area contributed by atoms with E-state index < -0.39 is 29.6 Å². The van der Waals surface area contributed by atoms with Crippen LogP contribution in [0.3, 0.4) is 0 Å². The first-order valence-corrected chi connectivity index (χ1v) is 13.8. The molecule has 0 amide bonds. The third kappa shape index (κ3) is 6.50. The molecular weight excluding hydrogens is 583 g/mol. The number of benzene rings is 2. The van der Waals surface area contributed by atoms with Crippen LogP contribution in [0.15, 0.2) is 77.1 Å². The zero-order chi connectivity index (χ0) is 32.2. The quantitative estimate of drug-likeness (QED) is 0.202. The van der Waals surface area contributed by atoms with Gasteiger partial charge in [-0.15, -0.1) is 0 Å². The van der Waals surface area contributed by atoms with E-state index in [1.54, 1.807) is 43.3 Å². The first-order valence-electron chi connectivity index (χ1n) is 13.8. The Kier molecular flexibility index (Phi) is 9.13. The van der Waals surface area contributed by atoms with E-state index in [2.05, 4.69) is 27.1 Å². The molecule has 13 heteroatoms. The standard InChI is InChI=1S/C32H31FN6O6/c1-18(2)19-10-20-13-35-39(32(43)30(20)25(33)11-19)28-7-5-6-23(24(28)15-40)26-12-27(31(42)38(3)37-26)36-29-9-8-22(14-34-29)45-17-21(41)16-44-4/h5-14,21,40-41H,1,15-17H2,2-4H3,(H,34,36)/t21-/m0/s1. The summed E-state index contributed by atoms with van der Waals surface area (Å²) in [6, 6.07) is 12.5. The van der Waals surface area contributed by atoms with Gasteiger partial charge in [0.15, 0.2) is 0 Å². The van der Waals surface area contributed by atoms with E-state index in [1.807, 2.05) is 0 Å². The maximum atomic E-state index is 15.1. The molecule has 0 aliphatic carbocycles. The van der Waals surface area contributed by atoms with Gasteiger partial charge in [0, 0.05) is 30.7 Å². The average molecular weight is 615 g/mol. The van der Waals surface area contributed by atoms with Crippen molar-refractivity contribution in [2.24, 2.45) is 7.05 Å². The van der Waals surface area contributed by atoms with Crippen molar-refractivity contribution in [1.82, 2.24) is 24.5 Å². The van der Waals surface area contributed by atoms with Gasteiger partial charge in [-0.1, -0.05) is 24.3 Å². The highest BCUT2D eigenvalue weighted by atomic mass is 19.1. The minimum Gasteiger partial charge on any atom is -0.489 e. The van der Waals surface area contributed by atoms with Crippen LogP contribution in [0.4, 0.5) is 15.9 Å². The van der Waals surface area contributed by atoms with Crippen molar-refractivity contribution < 1.29 is 24.1 Å². The molecule has 0 aliphatic rings. The van der Waals surface area contributed by atoms with Gasteiger partial charge in [-0.3, -0.25) is 9.59 Å². The summed E-state index contributed by atoms with van der Waals surface area (Å²) in [7, 11) is 2.96. The lowest BCUT2D eigenvalue weighted by atomic mass is 10.0. The summed E-state index contributed by atoms with van der Waals surface area (Å²) in [5.74, 6) is 0.0479. The van der Waals surface area contributed by atoms with Crippen LogP contribution in [-0.4, -0.2) is 61.2 Å². The van der Waals surface area contributed by atoms with Gasteiger partial charge in [0.2, 0.25) is 0 Å². The molecule has 232 valence electrons. The fourth-order valence-electron chi connectivity index (χ4n) is 4.77. The minimum absolute atomic E-state index is 0.0224. The van der Waals surface area contributed by atoms with E-state index in [0.717, 1.165) is 9.36 Å². The fourth-order valence-corrected chi connectivity index (χ4v) is 4.77. The van der Waals surface area contributed by atoms with Gasteiger partial charge in [0.1, 0.15) is 35.8 Å². The summed E-state index contributed by atoms with van der Waals surface area (Å²) < 4.78 is 27.7. The number of anilines is 2. The highest BCUT2D eigenvalue weighted by Crippen LogP contribution is 2.29. The number of hydrogen-bond donors (Lipinski definition) is 3. The summed E-state index contributed by atoms with van der Waals surface area (Å²) in [6.07, 6.45) is 2.04. The van der Waals surface area contributed by atoms with E-state index in [1.165, 1.54) is 38.7 Å². The molecule has 0 fully saturated rings. The monoisotopic (exact) mass is 614 g/mol. The molecule has 0 unspecified atom stereocenters. The highest BCUT2D eigenvalue weighted by molar-refractivity contribution is 5.85. The number of aryl methyl sites for hydroxylation is 1. The number of nitrogens with one attached hydrogen (secondary N) is 1. The van der Waals surface area contributed by atoms with Gasteiger partial charge in [0.05, 0.1) is 42.4 Å². The maximum Gasteiger partial charge on any atom is 0.290 e. The lowest BCUT2D eigenvalue weighted by molar-refractivity contribution is 0.0325. The Labute approximate surface area is 256 Å². The number of hydrogen-bond acceptors (Lipinski definition) is 10. The van der Waals surface area contributed by atoms with Crippen molar-refractivity contribution in [1.29, 1.82) is 0 Å². The average Bonchev–Trinajstić information content (AvgIpc) is 3.02. The van der Waals surface area contributed by atoms with Crippen LogP contribution in [0.1, 0.15) is 18.1 Å². The van der Waals surface area contributed by atoms with Gasteiger partial charge in [0.25, 0.3) is 11.1 Å². The molecule has 1 atom stereocenters. The number of ether oxygens (including phenoxy) is 2. The van der Waals surface area contributed by atoms with Crippen LogP contribution in [0, 0.1) is 5.82 Å². The summed E-state index contributed by atoms with van der Waals surface area (Å²) >= 11 is 0. The number of aliphatic hydroxyl groups is 2. The predicted molar refractivity (Wildman–Crippen MR) is 167 cm³/mol. The van der Waals surface area contributed by atoms with E-state index >= 15 is 4.39 Å². The summed E-state index contributed by atoms with van der Waals surface area (Å²) in [5, 5.41) is 32.0. The lowest BCUT2D eigenvalue weighted by Crippen LogP contribution is -2.24. The normalized spacial score (nSPS) is 11.9. The number of rotatable bonds is 11. The first-order chi connectivity index (χ1) is 21.6. The van der Waals surface area contributed by atoms with Gasteiger partial charge in [-0.05, 0) is 48.9 Å². The number of allylic oxidation sites excluding steroid dienone is 1. The van der Waals surface area contributed by atoms with Gasteiger partial charge in [-0.2, -0.15) is 14.9 Å². The van der Waals surface area contributed by atoms with Crippen molar-refractivity contribution >= 4 is 27.9 Å². The Morgan fingerprint density at radius 3 is 2.60 bits per heavy atom. The van der Waals surface area contributed by atoms with Crippen molar-refractivity contribution in [3.63, 3.8) is 0 Å². The second kappa shape index (κ2) is 13.2. The topological polar surface area (TPSA) is 154 Å². The van der Waals surface area contributed by atoms with Crippen LogP contribution in [0.2, 0.25) is 0 Å².